The van der Waals surface area contributed by atoms with Gasteiger partial charge in [-0.2, -0.15) is 0 Å². The summed E-state index contributed by atoms with van der Waals surface area (Å²) < 4.78 is 40.5. The maximum atomic E-state index is 13.4. The fraction of sp³-hybridized carbons (Fsp3) is 0.571. The lowest BCUT2D eigenvalue weighted by Gasteiger charge is -2.20. The van der Waals surface area contributed by atoms with Crippen LogP contribution in [0.25, 0.3) is 0 Å². The van der Waals surface area contributed by atoms with Crippen LogP contribution in [0.4, 0.5) is 4.39 Å². The summed E-state index contributed by atoms with van der Waals surface area (Å²) in [7, 11) is -3.66. The summed E-state index contributed by atoms with van der Waals surface area (Å²) in [4.78, 5) is 2.30. The summed E-state index contributed by atoms with van der Waals surface area (Å²) >= 11 is 3.01. The number of hydrogen-bond acceptors (Lipinski definition) is 3. The largest absolute Gasteiger partial charge is 0.303 e. The number of rotatable bonds is 6. The van der Waals surface area contributed by atoms with Crippen molar-refractivity contribution in [3.05, 3.63) is 28.5 Å². The molecule has 4 nitrogen and oxygen atoms in total. The molecule has 1 aromatic rings. The van der Waals surface area contributed by atoms with Gasteiger partial charge in [0.05, 0.1) is 9.37 Å². The van der Waals surface area contributed by atoms with Crippen LogP contribution in [0.5, 0.6) is 0 Å². The molecule has 1 aliphatic heterocycles. The second kappa shape index (κ2) is 7.17. The highest BCUT2D eigenvalue weighted by Crippen LogP contribution is 2.19. The van der Waals surface area contributed by atoms with Crippen molar-refractivity contribution in [1.82, 2.24) is 9.62 Å². The first-order valence-electron chi connectivity index (χ1n) is 7.05. The van der Waals surface area contributed by atoms with E-state index in [0.717, 1.165) is 25.7 Å². The Bertz CT molecular complexity index is 589. The zero-order valence-corrected chi connectivity index (χ0v) is 14.4. The zero-order valence-electron chi connectivity index (χ0n) is 12.0. The van der Waals surface area contributed by atoms with Crippen LogP contribution in [0.15, 0.2) is 27.6 Å². The minimum atomic E-state index is -3.66. The van der Waals surface area contributed by atoms with Gasteiger partial charge in [0.15, 0.2) is 0 Å². The summed E-state index contributed by atoms with van der Waals surface area (Å²) in [6, 6.07) is 3.82. The van der Waals surface area contributed by atoms with Crippen LogP contribution in [0.3, 0.4) is 0 Å². The van der Waals surface area contributed by atoms with E-state index in [1.165, 1.54) is 25.0 Å². The fourth-order valence-corrected chi connectivity index (χ4v) is 3.87. The number of sulfonamides is 1. The van der Waals surface area contributed by atoms with E-state index in [4.69, 9.17) is 0 Å². The van der Waals surface area contributed by atoms with E-state index in [1.54, 1.807) is 0 Å². The standard InChI is InChI=1S/C14H20BrFN2O2S/c1-11(10-18-6-2-3-7-18)9-17-21(19,20)12-4-5-13(15)14(16)8-12/h4-5,8,11,17H,2-3,6-7,9-10H2,1H3. The highest BCUT2D eigenvalue weighted by Gasteiger charge is 2.19. The van der Waals surface area contributed by atoms with Crippen molar-refractivity contribution in [2.45, 2.75) is 24.7 Å². The van der Waals surface area contributed by atoms with Gasteiger partial charge in [-0.1, -0.05) is 6.92 Å². The van der Waals surface area contributed by atoms with E-state index in [9.17, 15) is 12.8 Å². The van der Waals surface area contributed by atoms with Gasteiger partial charge in [0, 0.05) is 13.1 Å². The molecule has 0 saturated carbocycles. The van der Waals surface area contributed by atoms with Crippen molar-refractivity contribution in [2.75, 3.05) is 26.2 Å². The number of benzene rings is 1. The summed E-state index contributed by atoms with van der Waals surface area (Å²) in [5.74, 6) is -0.360. The Morgan fingerprint density at radius 3 is 2.67 bits per heavy atom. The molecule has 0 radical (unpaired) electrons. The number of hydrogen-bond donors (Lipinski definition) is 1. The first-order valence-corrected chi connectivity index (χ1v) is 9.33. The maximum absolute atomic E-state index is 13.4. The van der Waals surface area contributed by atoms with Gasteiger partial charge in [0.1, 0.15) is 5.82 Å². The van der Waals surface area contributed by atoms with Gasteiger partial charge in [0.2, 0.25) is 10.0 Å². The third kappa shape index (κ3) is 4.74. The van der Waals surface area contributed by atoms with Crippen LogP contribution in [0.2, 0.25) is 0 Å². The third-order valence-corrected chi connectivity index (χ3v) is 5.66. The molecule has 7 heteroatoms. The van der Waals surface area contributed by atoms with Gasteiger partial charge in [-0.3, -0.25) is 0 Å². The topological polar surface area (TPSA) is 49.4 Å². The Morgan fingerprint density at radius 2 is 2.05 bits per heavy atom. The fourth-order valence-electron chi connectivity index (χ4n) is 2.45. The van der Waals surface area contributed by atoms with E-state index < -0.39 is 15.8 Å². The van der Waals surface area contributed by atoms with Gasteiger partial charge in [0.25, 0.3) is 0 Å². The van der Waals surface area contributed by atoms with Crippen molar-refractivity contribution in [1.29, 1.82) is 0 Å². The highest BCUT2D eigenvalue weighted by atomic mass is 79.9. The Balaban J connectivity index is 1.92. The van der Waals surface area contributed by atoms with Crippen molar-refractivity contribution in [2.24, 2.45) is 5.92 Å². The Morgan fingerprint density at radius 1 is 1.38 bits per heavy atom. The van der Waals surface area contributed by atoms with E-state index in [0.29, 0.717) is 6.54 Å². The normalized spacial score (nSPS) is 18.0. The van der Waals surface area contributed by atoms with Crippen LogP contribution >= 0.6 is 15.9 Å². The predicted octanol–water partition coefficient (Wildman–Crippen LogP) is 2.60. The van der Waals surface area contributed by atoms with Crippen molar-refractivity contribution in [3.8, 4) is 0 Å². The minimum Gasteiger partial charge on any atom is -0.303 e. The van der Waals surface area contributed by atoms with E-state index in [2.05, 4.69) is 25.6 Å². The second-order valence-corrected chi connectivity index (χ2v) is 8.16. The Hall–Kier alpha value is -0.500. The maximum Gasteiger partial charge on any atom is 0.240 e. The summed E-state index contributed by atoms with van der Waals surface area (Å²) in [5.41, 5.74) is 0. The summed E-state index contributed by atoms with van der Waals surface area (Å²) in [6.45, 7) is 5.45. The number of halogens is 2. The molecule has 1 N–H and O–H groups in total. The molecule has 1 fully saturated rings. The number of nitrogens with zero attached hydrogens (tertiary/aromatic N) is 1. The van der Waals surface area contributed by atoms with E-state index in [-0.39, 0.29) is 15.3 Å². The lowest BCUT2D eigenvalue weighted by Crippen LogP contribution is -2.34. The van der Waals surface area contributed by atoms with E-state index in [1.807, 2.05) is 6.92 Å². The first kappa shape index (κ1) is 16.9. The van der Waals surface area contributed by atoms with Crippen LogP contribution in [0, 0.1) is 11.7 Å². The molecule has 1 aliphatic rings. The number of likely N-dealkylation sites (tertiary alicyclic amines) is 1. The predicted molar refractivity (Wildman–Crippen MR) is 84.1 cm³/mol. The SMILES string of the molecule is CC(CNS(=O)(=O)c1ccc(Br)c(F)c1)CN1CCCC1. The Kier molecular flexibility index (Phi) is 5.76. The molecule has 118 valence electrons. The molecule has 21 heavy (non-hydrogen) atoms. The molecule has 1 heterocycles. The van der Waals surface area contributed by atoms with Gasteiger partial charge < -0.3 is 4.90 Å². The third-order valence-electron chi connectivity index (χ3n) is 3.59. The minimum absolute atomic E-state index is 0.0448. The summed E-state index contributed by atoms with van der Waals surface area (Å²) in [6.07, 6.45) is 2.44. The van der Waals surface area contributed by atoms with Crippen molar-refractivity contribution in [3.63, 3.8) is 0 Å². The quantitative estimate of drug-likeness (QED) is 0.827. The van der Waals surface area contributed by atoms with Gasteiger partial charge in [-0.15, -0.1) is 0 Å². The van der Waals surface area contributed by atoms with Crippen LogP contribution in [-0.4, -0.2) is 39.5 Å². The molecule has 1 unspecified atom stereocenters. The molecular weight excluding hydrogens is 359 g/mol. The smallest absolute Gasteiger partial charge is 0.240 e. The van der Waals surface area contributed by atoms with Crippen LogP contribution in [0.1, 0.15) is 19.8 Å². The zero-order chi connectivity index (χ0) is 15.5. The lowest BCUT2D eigenvalue weighted by atomic mass is 10.2. The highest BCUT2D eigenvalue weighted by molar-refractivity contribution is 9.10. The summed E-state index contributed by atoms with van der Waals surface area (Å²) in [5, 5.41) is 0. The molecule has 1 atom stereocenters. The van der Waals surface area contributed by atoms with Crippen LogP contribution in [-0.2, 0) is 10.0 Å². The number of nitrogens with one attached hydrogen (secondary N) is 1. The molecule has 0 aromatic heterocycles. The molecule has 0 amide bonds. The van der Waals surface area contributed by atoms with Gasteiger partial charge in [-0.05, 0) is 66.0 Å². The molecule has 1 aromatic carbocycles. The van der Waals surface area contributed by atoms with Crippen LogP contribution < -0.4 is 4.72 Å². The molecule has 2 rings (SSSR count). The average molecular weight is 379 g/mol. The molecular formula is C14H20BrFN2O2S. The molecule has 1 saturated heterocycles. The molecule has 0 bridgehead atoms. The first-order chi connectivity index (χ1) is 9.88. The monoisotopic (exact) mass is 378 g/mol. The van der Waals surface area contributed by atoms with E-state index >= 15 is 0 Å². The second-order valence-electron chi connectivity index (χ2n) is 5.54. The van der Waals surface area contributed by atoms with Crippen molar-refractivity contribution < 1.29 is 12.8 Å². The molecule has 0 aliphatic carbocycles. The average Bonchev–Trinajstić information content (AvgIpc) is 2.92. The lowest BCUT2D eigenvalue weighted by molar-refractivity contribution is 0.288. The van der Waals surface area contributed by atoms with Crippen molar-refractivity contribution >= 4 is 26.0 Å². The van der Waals surface area contributed by atoms with Gasteiger partial charge >= 0.3 is 0 Å². The molecule has 0 spiro atoms. The Labute approximate surface area is 133 Å². The van der Waals surface area contributed by atoms with Gasteiger partial charge in [-0.25, -0.2) is 17.5 Å².